The SMILES string of the molecule is CCCNC(=O)[C@@H](C)N(Cc1ccc(OC)cc1)C(=O)CCCN(c1ccc(OC)cc1)S(C)(=O)=O. The van der Waals surface area contributed by atoms with Crippen LogP contribution in [-0.2, 0) is 26.2 Å². The predicted octanol–water partition coefficient (Wildman–Crippen LogP) is 3.19. The summed E-state index contributed by atoms with van der Waals surface area (Å²) in [6.45, 7) is 4.56. The second kappa shape index (κ2) is 13.7. The summed E-state index contributed by atoms with van der Waals surface area (Å²) in [5.74, 6) is 0.861. The van der Waals surface area contributed by atoms with Gasteiger partial charge < -0.3 is 19.7 Å². The van der Waals surface area contributed by atoms with Crippen molar-refractivity contribution in [3.8, 4) is 11.5 Å². The first-order valence-electron chi connectivity index (χ1n) is 11.9. The fourth-order valence-corrected chi connectivity index (χ4v) is 4.62. The molecule has 0 aliphatic carbocycles. The molecule has 0 radical (unpaired) electrons. The number of sulfonamides is 1. The molecule has 9 nitrogen and oxygen atoms in total. The lowest BCUT2D eigenvalue weighted by Crippen LogP contribution is -2.47. The molecule has 2 rings (SSSR count). The van der Waals surface area contributed by atoms with Gasteiger partial charge in [0.2, 0.25) is 21.8 Å². The number of carbonyl (C=O) groups is 2. The van der Waals surface area contributed by atoms with Gasteiger partial charge in [-0.1, -0.05) is 19.1 Å². The molecule has 0 spiro atoms. The van der Waals surface area contributed by atoms with Crippen LogP contribution in [-0.4, -0.2) is 64.7 Å². The maximum atomic E-state index is 13.3. The molecule has 36 heavy (non-hydrogen) atoms. The van der Waals surface area contributed by atoms with Crippen LogP contribution in [0.1, 0.15) is 38.7 Å². The van der Waals surface area contributed by atoms with E-state index in [0.29, 0.717) is 30.2 Å². The van der Waals surface area contributed by atoms with E-state index in [1.54, 1.807) is 50.4 Å². The van der Waals surface area contributed by atoms with E-state index in [9.17, 15) is 18.0 Å². The molecule has 0 aliphatic rings. The lowest BCUT2D eigenvalue weighted by Gasteiger charge is -2.29. The quantitative estimate of drug-likeness (QED) is 0.411. The van der Waals surface area contributed by atoms with E-state index in [1.165, 1.54) is 16.3 Å². The van der Waals surface area contributed by atoms with Crippen LogP contribution in [0.4, 0.5) is 5.69 Å². The first-order valence-corrected chi connectivity index (χ1v) is 13.8. The fourth-order valence-electron chi connectivity index (χ4n) is 3.66. The van der Waals surface area contributed by atoms with Gasteiger partial charge in [-0.25, -0.2) is 8.42 Å². The Bertz CT molecular complexity index is 1090. The Morgan fingerprint density at radius 1 is 0.972 bits per heavy atom. The number of nitrogens with one attached hydrogen (secondary N) is 1. The number of rotatable bonds is 14. The largest absolute Gasteiger partial charge is 0.497 e. The van der Waals surface area contributed by atoms with Crippen LogP contribution in [0.5, 0.6) is 11.5 Å². The van der Waals surface area contributed by atoms with Crippen LogP contribution in [0, 0.1) is 0 Å². The molecule has 0 aliphatic heterocycles. The summed E-state index contributed by atoms with van der Waals surface area (Å²) in [5, 5.41) is 2.85. The molecule has 2 amide bonds. The van der Waals surface area contributed by atoms with Gasteiger partial charge in [0, 0.05) is 26.1 Å². The molecule has 0 saturated heterocycles. The minimum Gasteiger partial charge on any atom is -0.497 e. The molecule has 0 saturated carbocycles. The topological polar surface area (TPSA) is 105 Å². The Morgan fingerprint density at radius 2 is 1.53 bits per heavy atom. The average molecular weight is 520 g/mol. The van der Waals surface area contributed by atoms with Crippen molar-refractivity contribution < 1.29 is 27.5 Å². The molecular weight excluding hydrogens is 482 g/mol. The number of carbonyl (C=O) groups excluding carboxylic acids is 2. The van der Waals surface area contributed by atoms with Gasteiger partial charge in [0.25, 0.3) is 0 Å². The molecule has 1 atom stereocenters. The van der Waals surface area contributed by atoms with Crippen LogP contribution in [0.3, 0.4) is 0 Å². The van der Waals surface area contributed by atoms with Crippen molar-refractivity contribution in [1.82, 2.24) is 10.2 Å². The maximum Gasteiger partial charge on any atom is 0.242 e. The molecule has 0 aromatic heterocycles. The standard InChI is InChI=1S/C26H37N3O6S/c1-6-17-27-26(31)20(2)28(19-21-9-13-23(34-3)14-10-21)25(30)8-7-18-29(36(5,32)33)22-11-15-24(35-4)16-12-22/h9-16,20H,6-8,17-19H2,1-5H3,(H,27,31)/t20-/m1/s1. The molecule has 0 unspecified atom stereocenters. The van der Waals surface area contributed by atoms with E-state index in [-0.39, 0.29) is 31.3 Å². The smallest absolute Gasteiger partial charge is 0.242 e. The van der Waals surface area contributed by atoms with Crippen molar-refractivity contribution in [1.29, 1.82) is 0 Å². The molecule has 2 aromatic rings. The van der Waals surface area contributed by atoms with E-state index in [4.69, 9.17) is 9.47 Å². The Balaban J connectivity index is 2.15. The highest BCUT2D eigenvalue weighted by Gasteiger charge is 2.26. The van der Waals surface area contributed by atoms with Crippen LogP contribution < -0.4 is 19.1 Å². The van der Waals surface area contributed by atoms with Crippen molar-refractivity contribution in [2.45, 2.75) is 45.7 Å². The van der Waals surface area contributed by atoms with E-state index in [1.807, 2.05) is 19.1 Å². The number of anilines is 1. The Labute approximate surface area is 214 Å². The summed E-state index contributed by atoms with van der Waals surface area (Å²) in [4.78, 5) is 27.5. The summed E-state index contributed by atoms with van der Waals surface area (Å²) in [7, 11) is -0.441. The molecule has 0 bridgehead atoms. The van der Waals surface area contributed by atoms with Crippen molar-refractivity contribution in [2.75, 3.05) is 37.9 Å². The van der Waals surface area contributed by atoms with Crippen molar-refractivity contribution >= 4 is 27.5 Å². The van der Waals surface area contributed by atoms with Gasteiger partial charge in [0.05, 0.1) is 26.2 Å². The zero-order valence-electron chi connectivity index (χ0n) is 21.7. The minimum absolute atomic E-state index is 0.0870. The highest BCUT2D eigenvalue weighted by atomic mass is 32.2. The summed E-state index contributed by atoms with van der Waals surface area (Å²) in [5.41, 5.74) is 1.35. The van der Waals surface area contributed by atoms with E-state index >= 15 is 0 Å². The predicted molar refractivity (Wildman–Crippen MR) is 141 cm³/mol. The Morgan fingerprint density at radius 3 is 2.03 bits per heavy atom. The average Bonchev–Trinajstić information content (AvgIpc) is 2.87. The molecule has 10 heteroatoms. The van der Waals surface area contributed by atoms with Crippen molar-refractivity contribution in [3.63, 3.8) is 0 Å². The Kier molecular flexibility index (Phi) is 11.0. The molecule has 2 aromatic carbocycles. The highest BCUT2D eigenvalue weighted by molar-refractivity contribution is 7.92. The van der Waals surface area contributed by atoms with E-state index in [2.05, 4.69) is 5.32 Å². The van der Waals surface area contributed by atoms with Gasteiger partial charge in [0.15, 0.2) is 0 Å². The highest BCUT2D eigenvalue weighted by Crippen LogP contribution is 2.22. The number of nitrogens with zero attached hydrogens (tertiary/aromatic N) is 2. The van der Waals surface area contributed by atoms with Gasteiger partial charge in [-0.05, 0) is 61.7 Å². The van der Waals surface area contributed by atoms with Crippen molar-refractivity contribution in [2.24, 2.45) is 0 Å². The molecule has 1 N–H and O–H groups in total. The zero-order valence-corrected chi connectivity index (χ0v) is 22.5. The van der Waals surface area contributed by atoms with Gasteiger partial charge in [-0.2, -0.15) is 0 Å². The third kappa shape index (κ3) is 8.44. The molecule has 0 heterocycles. The van der Waals surface area contributed by atoms with Crippen LogP contribution in [0.15, 0.2) is 48.5 Å². The summed E-state index contributed by atoms with van der Waals surface area (Å²) < 4.78 is 36.5. The zero-order chi connectivity index (χ0) is 26.7. The third-order valence-electron chi connectivity index (χ3n) is 5.74. The Hall–Kier alpha value is -3.27. The number of methoxy groups -OCH3 is 2. The van der Waals surface area contributed by atoms with Gasteiger partial charge in [-0.3, -0.25) is 13.9 Å². The van der Waals surface area contributed by atoms with Crippen LogP contribution in [0.25, 0.3) is 0 Å². The lowest BCUT2D eigenvalue weighted by atomic mass is 10.1. The van der Waals surface area contributed by atoms with Crippen molar-refractivity contribution in [3.05, 3.63) is 54.1 Å². The number of hydrogen-bond donors (Lipinski definition) is 1. The molecule has 198 valence electrons. The van der Waals surface area contributed by atoms with Crippen LogP contribution >= 0.6 is 0 Å². The normalized spacial score (nSPS) is 11.9. The number of amides is 2. The summed E-state index contributed by atoms with van der Waals surface area (Å²) in [6, 6.07) is 13.3. The second-order valence-electron chi connectivity index (χ2n) is 8.47. The van der Waals surface area contributed by atoms with Gasteiger partial charge >= 0.3 is 0 Å². The molecular formula is C26H37N3O6S. The maximum absolute atomic E-state index is 13.3. The van der Waals surface area contributed by atoms with Crippen LogP contribution in [0.2, 0.25) is 0 Å². The number of benzene rings is 2. The first-order chi connectivity index (χ1) is 17.1. The number of ether oxygens (including phenoxy) is 2. The van der Waals surface area contributed by atoms with E-state index in [0.717, 1.165) is 18.2 Å². The summed E-state index contributed by atoms with van der Waals surface area (Å²) in [6.07, 6.45) is 2.30. The van der Waals surface area contributed by atoms with Gasteiger partial charge in [0.1, 0.15) is 17.5 Å². The summed E-state index contributed by atoms with van der Waals surface area (Å²) >= 11 is 0. The third-order valence-corrected chi connectivity index (χ3v) is 6.94. The van der Waals surface area contributed by atoms with E-state index < -0.39 is 16.1 Å². The second-order valence-corrected chi connectivity index (χ2v) is 10.4. The first kappa shape index (κ1) is 29.0. The lowest BCUT2D eigenvalue weighted by molar-refractivity contribution is -0.140. The molecule has 0 fully saturated rings. The minimum atomic E-state index is -3.56. The number of hydrogen-bond acceptors (Lipinski definition) is 6. The monoisotopic (exact) mass is 519 g/mol. The van der Waals surface area contributed by atoms with Gasteiger partial charge in [-0.15, -0.1) is 0 Å². The fraction of sp³-hybridized carbons (Fsp3) is 0.462.